The summed E-state index contributed by atoms with van der Waals surface area (Å²) in [4.78, 5) is 0. The van der Waals surface area contributed by atoms with Gasteiger partial charge in [0.1, 0.15) is 0 Å². The van der Waals surface area contributed by atoms with Crippen LogP contribution in [0.3, 0.4) is 0 Å². The SMILES string of the molecule is C[CH](C)[W][C]1=CC=CC1.Cl.Cl.Cl.Cl. The van der Waals surface area contributed by atoms with E-state index < -0.39 is 0 Å². The molecular weight excluding hydrogens is 422 g/mol. The van der Waals surface area contributed by atoms with Crippen molar-refractivity contribution in [1.82, 2.24) is 0 Å². The van der Waals surface area contributed by atoms with Gasteiger partial charge in [-0.3, -0.25) is 0 Å². The predicted octanol–water partition coefficient (Wildman–Crippen LogP) is 4.43. The second-order valence-electron chi connectivity index (χ2n) is 2.43. The van der Waals surface area contributed by atoms with E-state index in [0.717, 1.165) is 4.31 Å². The first-order valence-electron chi connectivity index (χ1n) is 3.31. The monoisotopic (exact) mass is 436 g/mol. The molecule has 1 aliphatic carbocycles. The fourth-order valence-electron chi connectivity index (χ4n) is 0.818. The van der Waals surface area contributed by atoms with E-state index in [1.54, 1.807) is 3.96 Å². The van der Waals surface area contributed by atoms with Crippen molar-refractivity contribution in [2.24, 2.45) is 0 Å². The molecule has 0 bridgehead atoms. The Bertz CT molecular complexity index is 154. The van der Waals surface area contributed by atoms with Crippen molar-refractivity contribution in [2.45, 2.75) is 24.6 Å². The van der Waals surface area contributed by atoms with Crippen molar-refractivity contribution < 1.29 is 18.6 Å². The third-order valence-electron chi connectivity index (χ3n) is 1.12. The van der Waals surface area contributed by atoms with E-state index in [1.807, 2.05) is 0 Å². The maximum atomic E-state index is 2.34. The third-order valence-corrected chi connectivity index (χ3v) is 4.99. The molecule has 0 aromatic heterocycles. The topological polar surface area (TPSA) is 0 Å². The van der Waals surface area contributed by atoms with Gasteiger partial charge in [-0.05, 0) is 0 Å². The van der Waals surface area contributed by atoms with Crippen molar-refractivity contribution in [3.8, 4) is 0 Å². The number of hydrogen-bond acceptors (Lipinski definition) is 0. The summed E-state index contributed by atoms with van der Waals surface area (Å²) in [6, 6.07) is 0. The minimum Gasteiger partial charge on any atom is -0.147 e. The van der Waals surface area contributed by atoms with Crippen LogP contribution in [-0.4, -0.2) is 0 Å². The largest absolute Gasteiger partial charge is 0.147 e. The van der Waals surface area contributed by atoms with Crippen molar-refractivity contribution in [3.05, 3.63) is 22.2 Å². The molecule has 0 nitrogen and oxygen atoms in total. The molecule has 0 fully saturated rings. The maximum absolute atomic E-state index is 2.34. The van der Waals surface area contributed by atoms with Gasteiger partial charge < -0.3 is 0 Å². The summed E-state index contributed by atoms with van der Waals surface area (Å²) in [5, 5.41) is 0. The van der Waals surface area contributed by atoms with Gasteiger partial charge in [-0.15, -0.1) is 49.6 Å². The van der Waals surface area contributed by atoms with Gasteiger partial charge in [0.15, 0.2) is 0 Å². The van der Waals surface area contributed by atoms with Gasteiger partial charge in [0, 0.05) is 0 Å². The van der Waals surface area contributed by atoms with E-state index >= 15 is 0 Å². The number of allylic oxidation sites excluding steroid dienone is 4. The maximum Gasteiger partial charge on any atom is -0.147 e. The van der Waals surface area contributed by atoms with Crippen LogP contribution < -0.4 is 0 Å². The van der Waals surface area contributed by atoms with Crippen LogP contribution in [0.15, 0.2) is 22.2 Å². The molecule has 0 saturated carbocycles. The van der Waals surface area contributed by atoms with Gasteiger partial charge in [-0.25, -0.2) is 0 Å². The van der Waals surface area contributed by atoms with Gasteiger partial charge in [-0.1, -0.05) is 0 Å². The second kappa shape index (κ2) is 13.3. The third kappa shape index (κ3) is 11.3. The van der Waals surface area contributed by atoms with Gasteiger partial charge in [0.25, 0.3) is 0 Å². The Labute approximate surface area is 114 Å². The first-order valence-corrected chi connectivity index (χ1v) is 6.47. The molecule has 0 aromatic rings. The van der Waals surface area contributed by atoms with Crippen LogP contribution in [0.4, 0.5) is 0 Å². The molecule has 0 aromatic carbocycles. The van der Waals surface area contributed by atoms with Crippen molar-refractivity contribution in [3.63, 3.8) is 0 Å². The van der Waals surface area contributed by atoms with Gasteiger partial charge in [-0.2, -0.15) is 0 Å². The van der Waals surface area contributed by atoms with Crippen molar-refractivity contribution in [1.29, 1.82) is 0 Å². The van der Waals surface area contributed by atoms with Crippen LogP contribution in [0.5, 0.6) is 0 Å². The van der Waals surface area contributed by atoms with Crippen LogP contribution in [-0.2, 0) is 18.6 Å². The molecule has 0 saturated heterocycles. The Balaban J connectivity index is -0.000000101. The molecule has 0 amide bonds. The standard InChI is InChI=1S/C5H5.C3H7.4ClH.W/c1-2-4-5-3-1;1-3-2;;;;;/h1-3H,4H2;3H,1-2H3;4*1H;. The minimum atomic E-state index is -0.109. The normalized spacial score (nSPS) is 11.8. The summed E-state index contributed by atoms with van der Waals surface area (Å²) >= 11 is -0.109. The van der Waals surface area contributed by atoms with Crippen molar-refractivity contribution in [2.75, 3.05) is 0 Å². The zero-order valence-electron chi connectivity index (χ0n) is 7.56. The summed E-state index contributed by atoms with van der Waals surface area (Å²) < 4.78 is 2.74. The van der Waals surface area contributed by atoms with E-state index in [4.69, 9.17) is 0 Å². The number of rotatable bonds is 2. The van der Waals surface area contributed by atoms with E-state index in [-0.39, 0.29) is 68.2 Å². The van der Waals surface area contributed by atoms with Crippen molar-refractivity contribution >= 4 is 49.6 Å². The summed E-state index contributed by atoms with van der Waals surface area (Å²) in [6.45, 7) is 4.67. The van der Waals surface area contributed by atoms with Crippen LogP contribution in [0, 0.1) is 0 Å². The average molecular weight is 438 g/mol. The molecule has 0 N–H and O–H groups in total. The van der Waals surface area contributed by atoms with Crippen LogP contribution in [0.1, 0.15) is 20.3 Å². The zero-order chi connectivity index (χ0) is 6.69. The Morgan fingerprint density at radius 1 is 1.15 bits per heavy atom. The summed E-state index contributed by atoms with van der Waals surface area (Å²) in [5.74, 6) is 0. The average Bonchev–Trinajstić information content (AvgIpc) is 2.15. The molecule has 0 heterocycles. The van der Waals surface area contributed by atoms with E-state index in [1.165, 1.54) is 6.42 Å². The Kier molecular flexibility index (Phi) is 24.5. The molecule has 0 spiro atoms. The quantitative estimate of drug-likeness (QED) is 0.599. The number of halogens is 4. The summed E-state index contributed by atoms with van der Waals surface area (Å²) in [6.07, 6.45) is 8.03. The molecule has 1 aliphatic rings. The van der Waals surface area contributed by atoms with Crippen LogP contribution in [0.25, 0.3) is 0 Å². The molecule has 0 atom stereocenters. The molecular formula is C8H16Cl4W. The van der Waals surface area contributed by atoms with E-state index in [2.05, 4.69) is 32.1 Å². The Morgan fingerprint density at radius 2 is 1.69 bits per heavy atom. The molecule has 5 heteroatoms. The molecule has 0 unspecified atom stereocenters. The van der Waals surface area contributed by atoms with Gasteiger partial charge in [0.2, 0.25) is 0 Å². The molecule has 82 valence electrons. The molecule has 1 rings (SSSR count). The zero-order valence-corrected chi connectivity index (χ0v) is 13.8. The smallest absolute Gasteiger partial charge is 0.147 e. The fraction of sp³-hybridized carbons (Fsp3) is 0.500. The van der Waals surface area contributed by atoms with Gasteiger partial charge >= 0.3 is 65.3 Å². The first kappa shape index (κ1) is 23.9. The molecule has 0 radical (unpaired) electrons. The fourth-order valence-corrected chi connectivity index (χ4v) is 4.25. The molecule has 0 aliphatic heterocycles. The van der Waals surface area contributed by atoms with E-state index in [9.17, 15) is 0 Å². The Morgan fingerprint density at radius 3 is 2.00 bits per heavy atom. The predicted molar refractivity (Wildman–Crippen MR) is 65.9 cm³/mol. The first-order chi connectivity index (χ1) is 4.29. The van der Waals surface area contributed by atoms with Crippen LogP contribution in [0.2, 0.25) is 4.31 Å². The minimum absolute atomic E-state index is 0. The number of hydrogen-bond donors (Lipinski definition) is 0. The van der Waals surface area contributed by atoms with E-state index in [0.29, 0.717) is 0 Å². The van der Waals surface area contributed by atoms with Gasteiger partial charge in [0.05, 0.1) is 0 Å². The van der Waals surface area contributed by atoms with Crippen LogP contribution >= 0.6 is 49.6 Å². The second-order valence-corrected chi connectivity index (χ2v) is 8.55. The summed E-state index contributed by atoms with van der Waals surface area (Å²) in [7, 11) is 0. The summed E-state index contributed by atoms with van der Waals surface area (Å²) in [5.41, 5.74) is 0. The molecule has 13 heavy (non-hydrogen) atoms. The Hall–Kier alpha value is 1.33.